The SMILES string of the molecule is Cc1c(Cl)cccc1NC(=O)CCN1c2ccccc2CC1C. The average Bonchev–Trinajstić information content (AvgIpc) is 2.85. The number of carbonyl (C=O) groups is 1. The Kier molecular flexibility index (Phi) is 4.58. The molecular formula is C19H21ClN2O. The van der Waals surface area contributed by atoms with Gasteiger partial charge in [0.1, 0.15) is 0 Å². The highest BCUT2D eigenvalue weighted by atomic mass is 35.5. The van der Waals surface area contributed by atoms with E-state index in [0.29, 0.717) is 17.5 Å². The summed E-state index contributed by atoms with van der Waals surface area (Å²) in [6, 6.07) is 14.4. The van der Waals surface area contributed by atoms with Crippen molar-refractivity contribution >= 4 is 28.9 Å². The second-order valence-electron chi connectivity index (χ2n) is 6.09. The molecule has 1 N–H and O–H groups in total. The fraction of sp³-hybridized carbons (Fsp3) is 0.316. The van der Waals surface area contributed by atoms with Crippen molar-refractivity contribution in [3.05, 3.63) is 58.6 Å². The molecule has 0 bridgehead atoms. The molecule has 23 heavy (non-hydrogen) atoms. The summed E-state index contributed by atoms with van der Waals surface area (Å²) < 4.78 is 0. The largest absolute Gasteiger partial charge is 0.368 e. The van der Waals surface area contributed by atoms with Crippen molar-refractivity contribution in [2.45, 2.75) is 32.7 Å². The van der Waals surface area contributed by atoms with E-state index in [4.69, 9.17) is 11.6 Å². The number of nitrogens with one attached hydrogen (secondary N) is 1. The zero-order chi connectivity index (χ0) is 16.4. The van der Waals surface area contributed by atoms with Crippen LogP contribution in [-0.2, 0) is 11.2 Å². The Balaban J connectivity index is 1.62. The van der Waals surface area contributed by atoms with Crippen molar-refractivity contribution < 1.29 is 4.79 Å². The minimum atomic E-state index is 0.0203. The van der Waals surface area contributed by atoms with Crippen LogP contribution in [0.4, 0.5) is 11.4 Å². The number of halogens is 1. The van der Waals surface area contributed by atoms with Crippen molar-refractivity contribution in [3.8, 4) is 0 Å². The summed E-state index contributed by atoms with van der Waals surface area (Å²) >= 11 is 6.09. The van der Waals surface area contributed by atoms with Gasteiger partial charge in [-0.15, -0.1) is 0 Å². The van der Waals surface area contributed by atoms with E-state index in [0.717, 1.165) is 24.2 Å². The molecule has 4 heteroatoms. The number of hydrogen-bond acceptors (Lipinski definition) is 2. The number of para-hydroxylation sites is 1. The molecule has 0 spiro atoms. The van der Waals surface area contributed by atoms with E-state index in [-0.39, 0.29) is 5.91 Å². The number of amides is 1. The van der Waals surface area contributed by atoms with E-state index in [1.807, 2.05) is 25.1 Å². The molecule has 120 valence electrons. The summed E-state index contributed by atoms with van der Waals surface area (Å²) in [4.78, 5) is 14.6. The zero-order valence-electron chi connectivity index (χ0n) is 13.5. The molecule has 0 aliphatic carbocycles. The number of carbonyl (C=O) groups excluding carboxylic acids is 1. The van der Waals surface area contributed by atoms with E-state index < -0.39 is 0 Å². The fourth-order valence-corrected chi connectivity index (χ4v) is 3.32. The van der Waals surface area contributed by atoms with Crippen molar-refractivity contribution in [1.82, 2.24) is 0 Å². The molecule has 1 unspecified atom stereocenters. The maximum Gasteiger partial charge on any atom is 0.226 e. The first-order chi connectivity index (χ1) is 11.1. The van der Waals surface area contributed by atoms with Gasteiger partial charge in [0.05, 0.1) is 0 Å². The van der Waals surface area contributed by atoms with Crippen molar-refractivity contribution in [2.24, 2.45) is 0 Å². The van der Waals surface area contributed by atoms with Crippen LogP contribution < -0.4 is 10.2 Å². The highest BCUT2D eigenvalue weighted by Gasteiger charge is 2.25. The quantitative estimate of drug-likeness (QED) is 0.900. The summed E-state index contributed by atoms with van der Waals surface area (Å²) in [6.45, 7) is 4.85. The molecule has 0 fully saturated rings. The van der Waals surface area contributed by atoms with Crippen LogP contribution >= 0.6 is 11.6 Å². The van der Waals surface area contributed by atoms with E-state index >= 15 is 0 Å². The molecule has 0 saturated carbocycles. The minimum Gasteiger partial charge on any atom is -0.368 e. The summed E-state index contributed by atoms with van der Waals surface area (Å²) in [6.07, 6.45) is 1.51. The smallest absolute Gasteiger partial charge is 0.226 e. The maximum atomic E-state index is 12.3. The predicted octanol–water partition coefficient (Wildman–Crippen LogP) is 4.43. The van der Waals surface area contributed by atoms with Crippen LogP contribution in [0.5, 0.6) is 0 Å². The van der Waals surface area contributed by atoms with Gasteiger partial charge in [0, 0.05) is 35.4 Å². The second kappa shape index (κ2) is 6.63. The monoisotopic (exact) mass is 328 g/mol. The van der Waals surface area contributed by atoms with Gasteiger partial charge in [-0.3, -0.25) is 4.79 Å². The highest BCUT2D eigenvalue weighted by Crippen LogP contribution is 2.31. The molecular weight excluding hydrogens is 308 g/mol. The lowest BCUT2D eigenvalue weighted by Crippen LogP contribution is -2.32. The predicted molar refractivity (Wildman–Crippen MR) is 96.4 cm³/mol. The van der Waals surface area contributed by atoms with Gasteiger partial charge in [-0.25, -0.2) is 0 Å². The minimum absolute atomic E-state index is 0.0203. The van der Waals surface area contributed by atoms with Gasteiger partial charge in [0.15, 0.2) is 0 Å². The first kappa shape index (κ1) is 15.9. The standard InChI is InChI=1S/C19H21ClN2O/c1-13-12-15-6-3-4-9-18(15)22(13)11-10-19(23)21-17-8-5-7-16(20)14(17)2/h3-9,13H,10-12H2,1-2H3,(H,21,23). The van der Waals surface area contributed by atoms with Gasteiger partial charge in [0.2, 0.25) is 5.91 Å². The summed E-state index contributed by atoms with van der Waals surface area (Å²) in [5.74, 6) is 0.0203. The van der Waals surface area contributed by atoms with E-state index in [9.17, 15) is 4.79 Å². The van der Waals surface area contributed by atoms with Crippen LogP contribution in [0.2, 0.25) is 5.02 Å². The lowest BCUT2D eigenvalue weighted by Gasteiger charge is -2.24. The molecule has 0 aromatic heterocycles. The van der Waals surface area contributed by atoms with Crippen LogP contribution in [0.3, 0.4) is 0 Å². The highest BCUT2D eigenvalue weighted by molar-refractivity contribution is 6.31. The molecule has 1 heterocycles. The number of anilines is 2. The number of fused-ring (bicyclic) bond motifs is 1. The Hall–Kier alpha value is -2.00. The number of benzene rings is 2. The summed E-state index contributed by atoms with van der Waals surface area (Å²) in [7, 11) is 0. The van der Waals surface area contributed by atoms with Crippen LogP contribution in [0.15, 0.2) is 42.5 Å². The van der Waals surface area contributed by atoms with Gasteiger partial charge < -0.3 is 10.2 Å². The van der Waals surface area contributed by atoms with Gasteiger partial charge in [0.25, 0.3) is 0 Å². The summed E-state index contributed by atoms with van der Waals surface area (Å²) in [5.41, 5.74) is 4.32. The topological polar surface area (TPSA) is 32.3 Å². The van der Waals surface area contributed by atoms with Crippen molar-refractivity contribution in [1.29, 1.82) is 0 Å². The third kappa shape index (κ3) is 3.35. The Labute approximate surface area is 142 Å². The van der Waals surface area contributed by atoms with Gasteiger partial charge in [-0.2, -0.15) is 0 Å². The van der Waals surface area contributed by atoms with Crippen molar-refractivity contribution in [2.75, 3.05) is 16.8 Å². The molecule has 1 aliphatic heterocycles. The number of nitrogens with zero attached hydrogens (tertiary/aromatic N) is 1. The zero-order valence-corrected chi connectivity index (χ0v) is 14.2. The van der Waals surface area contributed by atoms with Crippen LogP contribution in [0.25, 0.3) is 0 Å². The molecule has 1 atom stereocenters. The van der Waals surface area contributed by atoms with Gasteiger partial charge in [-0.1, -0.05) is 35.9 Å². The first-order valence-electron chi connectivity index (χ1n) is 7.96. The normalized spacial score (nSPS) is 16.3. The lowest BCUT2D eigenvalue weighted by atomic mass is 10.1. The molecule has 1 aliphatic rings. The molecule has 3 rings (SSSR count). The van der Waals surface area contributed by atoms with Crippen molar-refractivity contribution in [3.63, 3.8) is 0 Å². The van der Waals surface area contributed by atoms with Crippen LogP contribution in [-0.4, -0.2) is 18.5 Å². The molecule has 1 amide bonds. The Morgan fingerprint density at radius 2 is 2.04 bits per heavy atom. The number of rotatable bonds is 4. The van der Waals surface area contributed by atoms with Gasteiger partial charge in [-0.05, 0) is 49.6 Å². The van der Waals surface area contributed by atoms with Crippen LogP contribution in [0.1, 0.15) is 24.5 Å². The molecule has 0 saturated heterocycles. The van der Waals surface area contributed by atoms with E-state index in [2.05, 4.69) is 41.4 Å². The average molecular weight is 329 g/mol. The Morgan fingerprint density at radius 3 is 2.87 bits per heavy atom. The second-order valence-corrected chi connectivity index (χ2v) is 6.49. The third-order valence-corrected chi connectivity index (χ3v) is 4.88. The Bertz CT molecular complexity index is 729. The summed E-state index contributed by atoms with van der Waals surface area (Å²) in [5, 5.41) is 3.63. The molecule has 2 aromatic carbocycles. The van der Waals surface area contributed by atoms with Crippen LogP contribution in [0, 0.1) is 6.92 Å². The fourth-order valence-electron chi connectivity index (χ4n) is 3.15. The third-order valence-electron chi connectivity index (χ3n) is 4.47. The lowest BCUT2D eigenvalue weighted by molar-refractivity contribution is -0.116. The first-order valence-corrected chi connectivity index (χ1v) is 8.33. The maximum absolute atomic E-state index is 12.3. The van der Waals surface area contributed by atoms with E-state index in [1.54, 1.807) is 0 Å². The molecule has 2 aromatic rings. The Morgan fingerprint density at radius 1 is 1.26 bits per heavy atom. The number of hydrogen-bond donors (Lipinski definition) is 1. The van der Waals surface area contributed by atoms with Gasteiger partial charge >= 0.3 is 0 Å². The molecule has 0 radical (unpaired) electrons. The molecule has 3 nitrogen and oxygen atoms in total. The van der Waals surface area contributed by atoms with E-state index in [1.165, 1.54) is 11.3 Å².